The van der Waals surface area contributed by atoms with Crippen molar-refractivity contribution in [3.8, 4) is 0 Å². The van der Waals surface area contributed by atoms with E-state index in [2.05, 4.69) is 31.5 Å². The second-order valence-electron chi connectivity index (χ2n) is 7.75. The topological polar surface area (TPSA) is 64.7 Å². The molecule has 1 aliphatic heterocycles. The number of benzene rings is 3. The molecule has 2 amide bonds. The number of hydrogen-bond donors (Lipinski definition) is 2. The summed E-state index contributed by atoms with van der Waals surface area (Å²) >= 11 is 14.6. The Morgan fingerprint density at radius 1 is 0.882 bits per heavy atom. The number of carbonyl (C=O) groups excluding carboxylic acids is 2. The maximum Gasteiger partial charge on any atom is 0.257 e. The molecule has 174 valence electrons. The van der Waals surface area contributed by atoms with Crippen LogP contribution in [0.4, 0.5) is 11.4 Å². The normalized spacial score (nSPS) is 13.4. The quantitative estimate of drug-likeness (QED) is 0.432. The molecule has 0 bridgehead atoms. The van der Waals surface area contributed by atoms with Gasteiger partial charge in [0.1, 0.15) is 0 Å². The average molecular weight is 558 g/mol. The van der Waals surface area contributed by atoms with Gasteiger partial charge in [-0.15, -0.1) is 0 Å². The highest BCUT2D eigenvalue weighted by molar-refractivity contribution is 9.10. The van der Waals surface area contributed by atoms with E-state index in [0.29, 0.717) is 29.2 Å². The SMILES string of the molecule is O=C(NC(=S)Nc1ccc(N2CCN(C(=O)c3ccc(Cl)cc3)CC2)cc1)c1cccc(Br)c1. The number of rotatable bonds is 4. The number of nitrogens with zero attached hydrogens (tertiary/aromatic N) is 2. The number of hydrogen-bond acceptors (Lipinski definition) is 4. The summed E-state index contributed by atoms with van der Waals surface area (Å²) in [7, 11) is 0. The van der Waals surface area contributed by atoms with Crippen LogP contribution < -0.4 is 15.5 Å². The summed E-state index contributed by atoms with van der Waals surface area (Å²) in [6.45, 7) is 2.78. The van der Waals surface area contributed by atoms with E-state index in [1.807, 2.05) is 35.2 Å². The van der Waals surface area contributed by atoms with Crippen molar-refractivity contribution in [2.75, 3.05) is 36.4 Å². The molecule has 3 aromatic rings. The molecule has 0 aromatic heterocycles. The third-order valence-corrected chi connectivity index (χ3v) is 6.41. The van der Waals surface area contributed by atoms with Crippen LogP contribution >= 0.6 is 39.7 Å². The third-order valence-electron chi connectivity index (χ3n) is 5.46. The van der Waals surface area contributed by atoms with Crippen LogP contribution in [0.3, 0.4) is 0 Å². The van der Waals surface area contributed by atoms with Gasteiger partial charge in [-0.1, -0.05) is 33.6 Å². The van der Waals surface area contributed by atoms with E-state index in [9.17, 15) is 9.59 Å². The Hall–Kier alpha value is -2.94. The van der Waals surface area contributed by atoms with Gasteiger partial charge in [0.05, 0.1) is 0 Å². The molecule has 0 saturated carbocycles. The zero-order chi connectivity index (χ0) is 24.1. The van der Waals surface area contributed by atoms with Crippen molar-refractivity contribution in [2.24, 2.45) is 0 Å². The number of nitrogens with one attached hydrogen (secondary N) is 2. The number of amides is 2. The second-order valence-corrected chi connectivity index (χ2v) is 9.51. The van der Waals surface area contributed by atoms with Crippen LogP contribution in [0.15, 0.2) is 77.3 Å². The van der Waals surface area contributed by atoms with E-state index in [-0.39, 0.29) is 16.9 Å². The van der Waals surface area contributed by atoms with Gasteiger partial charge < -0.3 is 15.1 Å². The Balaban J connectivity index is 1.28. The number of anilines is 2. The number of carbonyl (C=O) groups is 2. The zero-order valence-electron chi connectivity index (χ0n) is 18.1. The summed E-state index contributed by atoms with van der Waals surface area (Å²) in [4.78, 5) is 29.1. The summed E-state index contributed by atoms with van der Waals surface area (Å²) in [5.41, 5.74) is 3.01. The van der Waals surface area contributed by atoms with Crippen molar-refractivity contribution in [1.82, 2.24) is 10.2 Å². The summed E-state index contributed by atoms with van der Waals surface area (Å²) < 4.78 is 0.824. The third kappa shape index (κ3) is 6.14. The lowest BCUT2D eigenvalue weighted by Gasteiger charge is -2.36. The minimum atomic E-state index is -0.276. The van der Waals surface area contributed by atoms with Gasteiger partial charge in [0.25, 0.3) is 11.8 Å². The van der Waals surface area contributed by atoms with Crippen molar-refractivity contribution in [3.63, 3.8) is 0 Å². The molecule has 4 rings (SSSR count). The Morgan fingerprint density at radius 2 is 1.56 bits per heavy atom. The molecule has 3 aromatic carbocycles. The number of halogens is 2. The minimum absolute atomic E-state index is 0.0225. The summed E-state index contributed by atoms with van der Waals surface area (Å²) in [6.07, 6.45) is 0. The lowest BCUT2D eigenvalue weighted by molar-refractivity contribution is 0.0746. The summed E-state index contributed by atoms with van der Waals surface area (Å²) in [6, 6.07) is 21.9. The largest absolute Gasteiger partial charge is 0.368 e. The summed E-state index contributed by atoms with van der Waals surface area (Å²) in [5, 5.41) is 6.57. The maximum atomic E-state index is 12.7. The van der Waals surface area contributed by atoms with Crippen LogP contribution in [0.25, 0.3) is 0 Å². The van der Waals surface area contributed by atoms with Crippen molar-refractivity contribution < 1.29 is 9.59 Å². The first kappa shape index (κ1) is 24.2. The van der Waals surface area contributed by atoms with Crippen molar-refractivity contribution in [2.45, 2.75) is 0 Å². The molecule has 34 heavy (non-hydrogen) atoms. The molecule has 0 radical (unpaired) electrons. The van der Waals surface area contributed by atoms with E-state index in [4.69, 9.17) is 23.8 Å². The monoisotopic (exact) mass is 556 g/mol. The van der Waals surface area contributed by atoms with Crippen molar-refractivity contribution in [3.05, 3.63) is 93.4 Å². The molecule has 1 heterocycles. The molecule has 0 aliphatic carbocycles. The Labute approximate surface area is 217 Å². The number of thiocarbonyl (C=S) groups is 1. The lowest BCUT2D eigenvalue weighted by Crippen LogP contribution is -2.48. The Morgan fingerprint density at radius 3 is 2.21 bits per heavy atom. The molecular formula is C25H22BrClN4O2S. The van der Waals surface area contributed by atoms with E-state index in [1.54, 1.807) is 42.5 Å². The fourth-order valence-electron chi connectivity index (χ4n) is 3.67. The minimum Gasteiger partial charge on any atom is -0.368 e. The predicted molar refractivity (Wildman–Crippen MR) is 144 cm³/mol. The van der Waals surface area contributed by atoms with Crippen LogP contribution in [0.5, 0.6) is 0 Å². The predicted octanol–water partition coefficient (Wildman–Crippen LogP) is 5.19. The van der Waals surface area contributed by atoms with Gasteiger partial charge >= 0.3 is 0 Å². The van der Waals surface area contributed by atoms with Crippen molar-refractivity contribution in [1.29, 1.82) is 0 Å². The van der Waals surface area contributed by atoms with Crippen LogP contribution in [-0.2, 0) is 0 Å². The highest BCUT2D eigenvalue weighted by Gasteiger charge is 2.22. The standard InChI is InChI=1S/C25H22BrClN4O2S/c26-19-3-1-2-18(16-19)23(32)29-25(34)28-21-8-10-22(11-9-21)30-12-14-31(15-13-30)24(33)17-4-6-20(27)7-5-17/h1-11,16H,12-15H2,(H2,28,29,32,34). The van der Waals surface area contributed by atoms with Gasteiger partial charge in [0.2, 0.25) is 0 Å². The van der Waals surface area contributed by atoms with Crippen LogP contribution in [0.2, 0.25) is 5.02 Å². The second kappa shape index (κ2) is 11.0. The molecule has 1 saturated heterocycles. The zero-order valence-corrected chi connectivity index (χ0v) is 21.3. The molecule has 0 spiro atoms. The molecule has 0 atom stereocenters. The van der Waals surface area contributed by atoms with Crippen LogP contribution in [0.1, 0.15) is 20.7 Å². The smallest absolute Gasteiger partial charge is 0.257 e. The van der Waals surface area contributed by atoms with Gasteiger partial charge in [-0.25, -0.2) is 0 Å². The lowest BCUT2D eigenvalue weighted by atomic mass is 10.1. The summed E-state index contributed by atoms with van der Waals surface area (Å²) in [5.74, 6) is -0.254. The van der Waals surface area contributed by atoms with Crippen LogP contribution in [0, 0.1) is 0 Å². The first-order chi connectivity index (χ1) is 16.4. The van der Waals surface area contributed by atoms with Gasteiger partial charge in [-0.2, -0.15) is 0 Å². The van der Waals surface area contributed by atoms with Crippen molar-refractivity contribution >= 4 is 68.1 Å². The van der Waals surface area contributed by atoms with Crippen LogP contribution in [-0.4, -0.2) is 48.0 Å². The van der Waals surface area contributed by atoms with Gasteiger partial charge in [-0.3, -0.25) is 14.9 Å². The highest BCUT2D eigenvalue weighted by atomic mass is 79.9. The van der Waals surface area contributed by atoms with Gasteiger partial charge in [-0.05, 0) is 78.9 Å². The molecule has 6 nitrogen and oxygen atoms in total. The molecule has 1 aliphatic rings. The van der Waals surface area contributed by atoms with E-state index in [0.717, 1.165) is 28.9 Å². The Bertz CT molecular complexity index is 1200. The molecule has 0 unspecified atom stereocenters. The van der Waals surface area contributed by atoms with Gasteiger partial charge in [0, 0.05) is 58.2 Å². The highest BCUT2D eigenvalue weighted by Crippen LogP contribution is 2.21. The molecule has 2 N–H and O–H groups in total. The Kier molecular flexibility index (Phi) is 7.82. The van der Waals surface area contributed by atoms with Gasteiger partial charge in [0.15, 0.2) is 5.11 Å². The van der Waals surface area contributed by atoms with E-state index < -0.39 is 0 Å². The molecule has 9 heteroatoms. The fraction of sp³-hybridized carbons (Fsp3) is 0.160. The van der Waals surface area contributed by atoms with E-state index in [1.165, 1.54) is 0 Å². The van der Waals surface area contributed by atoms with E-state index >= 15 is 0 Å². The average Bonchev–Trinajstić information content (AvgIpc) is 2.84. The first-order valence-corrected chi connectivity index (χ1v) is 12.2. The molecular weight excluding hydrogens is 536 g/mol. The maximum absolute atomic E-state index is 12.7. The number of piperazine rings is 1. The molecule has 1 fully saturated rings. The fourth-order valence-corrected chi connectivity index (χ4v) is 4.40. The first-order valence-electron chi connectivity index (χ1n) is 10.7.